The van der Waals surface area contributed by atoms with Crippen molar-refractivity contribution in [2.24, 2.45) is 10.7 Å². The van der Waals surface area contributed by atoms with Gasteiger partial charge in [-0.25, -0.2) is 4.98 Å². The number of aromatic nitrogens is 2. The number of aliphatic imine (C=N–C) groups is 1. The summed E-state index contributed by atoms with van der Waals surface area (Å²) in [4.78, 5) is 19.3. The number of hydrogen-bond acceptors (Lipinski definition) is 4. The quantitative estimate of drug-likeness (QED) is 0.865. The van der Waals surface area contributed by atoms with Gasteiger partial charge in [0.05, 0.1) is 18.4 Å². The minimum absolute atomic E-state index is 0.148. The summed E-state index contributed by atoms with van der Waals surface area (Å²) in [7, 11) is 0. The molecule has 0 amide bonds. The number of nitrogens with zero attached hydrogens (tertiary/aromatic N) is 4. The van der Waals surface area contributed by atoms with Crippen LogP contribution >= 0.6 is 0 Å². The maximum absolute atomic E-state index is 12.7. The summed E-state index contributed by atoms with van der Waals surface area (Å²) in [5.74, 6) is 0.372. The number of imidazole rings is 1. The highest BCUT2D eigenvalue weighted by atomic mass is 19.4. The van der Waals surface area contributed by atoms with Crippen molar-refractivity contribution >= 4 is 12.2 Å². The molecule has 0 spiro atoms. The smallest absolute Gasteiger partial charge is 0.290 e. The van der Waals surface area contributed by atoms with Crippen molar-refractivity contribution in [3.05, 3.63) is 52.3 Å². The first-order valence-corrected chi connectivity index (χ1v) is 6.32. The molecule has 9 heteroatoms. The fraction of sp³-hybridized carbons (Fsp3) is 0.231. The molecule has 22 heavy (non-hydrogen) atoms. The van der Waals surface area contributed by atoms with E-state index >= 15 is 0 Å². The van der Waals surface area contributed by atoms with Gasteiger partial charge in [0.25, 0.3) is 5.82 Å². The lowest BCUT2D eigenvalue weighted by molar-refractivity contribution is -0.475. The second kappa shape index (κ2) is 5.02. The Morgan fingerprint density at radius 3 is 2.86 bits per heavy atom. The normalized spacial score (nSPS) is 17.6. The van der Waals surface area contributed by atoms with E-state index in [1.165, 1.54) is 12.4 Å². The van der Waals surface area contributed by atoms with Crippen molar-refractivity contribution < 1.29 is 17.9 Å². The van der Waals surface area contributed by atoms with Crippen LogP contribution in [0.5, 0.6) is 0 Å². The lowest BCUT2D eigenvalue weighted by Crippen LogP contribution is -2.26. The number of nitrogens with two attached hydrogens (primary N) is 1. The molecule has 1 aliphatic heterocycles. The van der Waals surface area contributed by atoms with E-state index in [0.717, 1.165) is 18.5 Å². The minimum Gasteiger partial charge on any atom is -0.290 e. The molecule has 0 radical (unpaired) electrons. The molecule has 0 aliphatic carbocycles. The predicted molar refractivity (Wildman–Crippen MR) is 71.5 cm³/mol. The molecule has 1 atom stereocenters. The van der Waals surface area contributed by atoms with E-state index in [4.69, 9.17) is 5.73 Å². The molecule has 6 nitrogen and oxygen atoms in total. The van der Waals surface area contributed by atoms with Crippen molar-refractivity contribution in [2.45, 2.75) is 18.9 Å². The molecule has 1 aliphatic rings. The molecule has 1 unspecified atom stereocenters. The highest BCUT2D eigenvalue weighted by Crippen LogP contribution is 2.31. The number of fused-ring (bicyclic) bond motifs is 1. The highest BCUT2D eigenvalue weighted by Gasteiger charge is 2.33. The predicted octanol–water partition coefficient (Wildman–Crippen LogP) is 2.36. The minimum atomic E-state index is -4.39. The Balaban J connectivity index is 1.92. The molecule has 0 bridgehead atoms. The van der Waals surface area contributed by atoms with Crippen molar-refractivity contribution in [3.63, 3.8) is 0 Å². The van der Waals surface area contributed by atoms with Gasteiger partial charge in [-0.15, -0.1) is 0 Å². The third-order valence-corrected chi connectivity index (χ3v) is 3.29. The van der Waals surface area contributed by atoms with Gasteiger partial charge >= 0.3 is 12.5 Å². The van der Waals surface area contributed by atoms with E-state index in [1.807, 2.05) is 0 Å². The Hall–Kier alpha value is -2.55. The molecule has 0 saturated carbocycles. The van der Waals surface area contributed by atoms with Gasteiger partial charge in [-0.1, -0.05) is 17.0 Å². The summed E-state index contributed by atoms with van der Waals surface area (Å²) < 4.78 is 40.2. The number of hydrogen-bond donors (Lipinski definition) is 1. The third kappa shape index (κ3) is 2.50. The first kappa shape index (κ1) is 14.4. The van der Waals surface area contributed by atoms with Crippen LogP contribution in [0.15, 0.2) is 35.6 Å². The highest BCUT2D eigenvalue weighted by molar-refractivity contribution is 5.57. The molecule has 1 aromatic heterocycles. The van der Waals surface area contributed by atoms with Crippen molar-refractivity contribution in [1.82, 2.24) is 9.55 Å². The van der Waals surface area contributed by atoms with Crippen molar-refractivity contribution in [2.75, 3.05) is 0 Å². The van der Waals surface area contributed by atoms with Gasteiger partial charge in [0.15, 0.2) is 5.69 Å². The van der Waals surface area contributed by atoms with E-state index in [-0.39, 0.29) is 6.54 Å². The summed E-state index contributed by atoms with van der Waals surface area (Å²) in [6.07, 6.45) is -2.93. The van der Waals surface area contributed by atoms with Gasteiger partial charge in [0, 0.05) is 0 Å². The lowest BCUT2D eigenvalue weighted by Gasteiger charge is -2.10. The van der Waals surface area contributed by atoms with Crippen molar-refractivity contribution in [3.8, 4) is 0 Å². The van der Waals surface area contributed by atoms with Crippen LogP contribution in [0.25, 0.3) is 0 Å². The maximum atomic E-state index is 12.7. The first-order valence-electron chi connectivity index (χ1n) is 6.32. The number of rotatable bonds is 2. The fourth-order valence-electron chi connectivity index (χ4n) is 2.20. The molecule has 114 valence electrons. The van der Waals surface area contributed by atoms with Crippen LogP contribution in [-0.2, 0) is 12.7 Å². The molecule has 2 aromatic rings. The Bertz CT molecular complexity index is 765. The lowest BCUT2D eigenvalue weighted by atomic mass is 10.1. The van der Waals surface area contributed by atoms with E-state index in [1.54, 1.807) is 10.6 Å². The first-order chi connectivity index (χ1) is 10.4. The number of nitroso groups, excluding NO2 is 1. The SMILES string of the molecule is NC1c2ncn(Cc3cccc(C(F)(F)F)c3)c2N=C[N+]1=O. The molecule has 3 rings (SSSR count). The summed E-state index contributed by atoms with van der Waals surface area (Å²) >= 11 is 0. The van der Waals surface area contributed by atoms with E-state index in [2.05, 4.69) is 9.98 Å². The summed E-state index contributed by atoms with van der Waals surface area (Å²) in [5, 5.41) is 0. The van der Waals surface area contributed by atoms with Gasteiger partial charge in [-0.2, -0.15) is 13.2 Å². The zero-order valence-corrected chi connectivity index (χ0v) is 11.2. The van der Waals surface area contributed by atoms with Crippen LogP contribution in [0.2, 0.25) is 0 Å². The number of halogens is 3. The van der Waals surface area contributed by atoms with Gasteiger partial charge < -0.3 is 0 Å². The topological polar surface area (TPSA) is 76.3 Å². The second-order valence-corrected chi connectivity index (χ2v) is 4.83. The monoisotopic (exact) mass is 310 g/mol. The Morgan fingerprint density at radius 1 is 1.36 bits per heavy atom. The maximum Gasteiger partial charge on any atom is 0.416 e. The summed E-state index contributed by atoms with van der Waals surface area (Å²) in [6.45, 7) is 0.148. The average Bonchev–Trinajstić information content (AvgIpc) is 2.86. The van der Waals surface area contributed by atoms with Crippen LogP contribution < -0.4 is 5.73 Å². The second-order valence-electron chi connectivity index (χ2n) is 4.83. The van der Waals surface area contributed by atoms with Crippen LogP contribution in [0.1, 0.15) is 23.0 Å². The molecule has 1 aromatic carbocycles. The van der Waals surface area contributed by atoms with E-state index in [9.17, 15) is 18.1 Å². The van der Waals surface area contributed by atoms with Gasteiger partial charge in [-0.3, -0.25) is 10.3 Å². The zero-order valence-electron chi connectivity index (χ0n) is 11.2. The average molecular weight is 310 g/mol. The van der Waals surface area contributed by atoms with Crippen LogP contribution in [0.3, 0.4) is 0 Å². The largest absolute Gasteiger partial charge is 0.416 e. The summed E-state index contributed by atoms with van der Waals surface area (Å²) in [6, 6.07) is 5.00. The Labute approximate surface area is 122 Å². The van der Waals surface area contributed by atoms with E-state index in [0.29, 0.717) is 21.8 Å². The van der Waals surface area contributed by atoms with Gasteiger partial charge in [0.1, 0.15) is 0 Å². The standard InChI is InChI=1S/C13H11F3N5O/c14-13(15,16)9-3-1-2-8(4-9)5-20-6-18-10-11(17)21(22)7-19-12(10)20/h1-4,6-7,11H,5,17H2/q+1. The molecule has 2 heterocycles. The number of alkyl halides is 3. The molecule has 0 saturated heterocycles. The van der Waals surface area contributed by atoms with E-state index < -0.39 is 17.9 Å². The molecular formula is C13H11F3N5O+. The van der Waals surface area contributed by atoms with Gasteiger partial charge in [-0.05, 0) is 27.4 Å². The molecule has 0 fully saturated rings. The fourth-order valence-corrected chi connectivity index (χ4v) is 2.20. The summed E-state index contributed by atoms with van der Waals surface area (Å²) in [5.41, 5.74) is 5.70. The van der Waals surface area contributed by atoms with Crippen LogP contribution in [0, 0.1) is 4.91 Å². The number of benzene rings is 1. The zero-order chi connectivity index (χ0) is 15.9. The Morgan fingerprint density at radius 2 is 2.14 bits per heavy atom. The van der Waals surface area contributed by atoms with Crippen molar-refractivity contribution in [1.29, 1.82) is 0 Å². The van der Waals surface area contributed by atoms with Crippen LogP contribution in [0.4, 0.5) is 19.0 Å². The Kier molecular flexibility index (Phi) is 3.28. The molecular weight excluding hydrogens is 299 g/mol. The third-order valence-electron chi connectivity index (χ3n) is 3.29. The van der Waals surface area contributed by atoms with Gasteiger partial charge in [0.2, 0.25) is 6.17 Å². The molecule has 2 N–H and O–H groups in total. The van der Waals surface area contributed by atoms with Crippen LogP contribution in [-0.4, -0.2) is 20.6 Å².